The summed E-state index contributed by atoms with van der Waals surface area (Å²) >= 11 is 0. The Morgan fingerprint density at radius 2 is 1.86 bits per heavy atom. The van der Waals surface area contributed by atoms with Crippen molar-refractivity contribution in [1.29, 1.82) is 0 Å². The fourth-order valence-corrected chi connectivity index (χ4v) is 4.41. The lowest BCUT2D eigenvalue weighted by Gasteiger charge is -2.41. The van der Waals surface area contributed by atoms with Crippen molar-refractivity contribution in [3.05, 3.63) is 35.4 Å². The summed E-state index contributed by atoms with van der Waals surface area (Å²) in [5, 5.41) is 60.3. The molecule has 3 aliphatic rings. The Bertz CT molecular complexity index is 882. The molecular formula is C23H32O12. The number of aliphatic hydroxyl groups excluding tert-OH is 5. The van der Waals surface area contributed by atoms with Gasteiger partial charge in [-0.05, 0) is 25.8 Å². The number of rotatable bonds is 9. The highest BCUT2D eigenvalue weighted by atomic mass is 16.7. The Kier molecular flexibility index (Phi) is 8.08. The molecule has 1 aromatic rings. The lowest BCUT2D eigenvalue weighted by Crippen LogP contribution is -2.60. The molecule has 0 amide bonds. The number of fused-ring (bicyclic) bond motifs is 1. The summed E-state index contributed by atoms with van der Waals surface area (Å²) in [6.45, 7) is 0.285. The molecule has 35 heavy (non-hydrogen) atoms. The fourth-order valence-electron chi connectivity index (χ4n) is 4.41. The molecular weight excluding hydrogens is 468 g/mol. The smallest absolute Gasteiger partial charge is 0.339 e. The van der Waals surface area contributed by atoms with Gasteiger partial charge in [0.15, 0.2) is 12.6 Å². The Morgan fingerprint density at radius 1 is 1.11 bits per heavy atom. The average Bonchev–Trinajstić information content (AvgIpc) is 3.33. The van der Waals surface area contributed by atoms with Crippen molar-refractivity contribution < 1.29 is 59.1 Å². The summed E-state index contributed by atoms with van der Waals surface area (Å²) in [5.41, 5.74) is -0.536. The van der Waals surface area contributed by atoms with E-state index in [0.29, 0.717) is 18.4 Å². The van der Waals surface area contributed by atoms with E-state index in [1.54, 1.807) is 19.1 Å². The third kappa shape index (κ3) is 5.37. The number of hydrogen-bond donors (Lipinski definition) is 6. The van der Waals surface area contributed by atoms with Gasteiger partial charge >= 0.3 is 5.97 Å². The highest BCUT2D eigenvalue weighted by Crippen LogP contribution is 2.34. The number of aliphatic hydroxyl groups is 6. The Hall–Kier alpha value is -1.71. The number of benzene rings is 1. The standard InChI is InChI=1S/C23H32O12/c1-11(6-7-14-12-4-2-3-5-13(12)20(29)34-14)33-21-18(27)17(26)16(25)15(35-21)8-31-22-19(28)23(30,9-24)10-32-22/h2-5,11,14-19,21-22,24-28,30H,6-10H2,1H3/t11-,14+,15+,16+,17-,18+,19-,21+,22+,23+/m0/s1. The van der Waals surface area contributed by atoms with E-state index in [1.807, 2.05) is 12.1 Å². The molecule has 0 saturated carbocycles. The quantitative estimate of drug-likeness (QED) is 0.213. The number of carbonyl (C=O) groups excluding carboxylic acids is 1. The number of esters is 1. The lowest BCUT2D eigenvalue weighted by molar-refractivity contribution is -0.318. The Morgan fingerprint density at radius 3 is 2.57 bits per heavy atom. The Labute approximate surface area is 201 Å². The monoisotopic (exact) mass is 500 g/mol. The molecule has 10 atom stereocenters. The first-order chi connectivity index (χ1) is 16.6. The maximum absolute atomic E-state index is 12.0. The van der Waals surface area contributed by atoms with E-state index in [4.69, 9.17) is 23.7 Å². The number of ether oxygens (including phenoxy) is 5. The van der Waals surface area contributed by atoms with Crippen LogP contribution in [0.3, 0.4) is 0 Å². The molecule has 3 heterocycles. The van der Waals surface area contributed by atoms with Gasteiger partial charge in [0.1, 0.15) is 42.2 Å². The van der Waals surface area contributed by atoms with Crippen LogP contribution in [-0.2, 0) is 23.7 Å². The van der Waals surface area contributed by atoms with Crippen molar-refractivity contribution in [3.8, 4) is 0 Å². The van der Waals surface area contributed by atoms with Gasteiger partial charge in [0.25, 0.3) is 0 Å². The van der Waals surface area contributed by atoms with Crippen LogP contribution >= 0.6 is 0 Å². The maximum Gasteiger partial charge on any atom is 0.339 e. The van der Waals surface area contributed by atoms with Gasteiger partial charge in [-0.25, -0.2) is 4.79 Å². The molecule has 0 radical (unpaired) electrons. The molecule has 0 aromatic heterocycles. The van der Waals surface area contributed by atoms with Gasteiger partial charge in [-0.3, -0.25) is 0 Å². The summed E-state index contributed by atoms with van der Waals surface area (Å²) in [6, 6.07) is 7.13. The van der Waals surface area contributed by atoms with Gasteiger partial charge in [-0.2, -0.15) is 0 Å². The first-order valence-corrected chi connectivity index (χ1v) is 11.5. The number of cyclic esters (lactones) is 1. The van der Waals surface area contributed by atoms with E-state index >= 15 is 0 Å². The SMILES string of the molecule is C[C@@H](CC[C@H]1OC(=O)c2ccccc21)O[C@@H]1O[C@H](CO[C@@H]2OC[C@](O)(CO)[C@H]2O)[C@@H](O)[C@H](O)[C@H]1O. The topological polar surface area (TPSA) is 185 Å². The van der Waals surface area contributed by atoms with Crippen molar-refractivity contribution in [2.45, 2.75) is 80.7 Å². The highest BCUT2D eigenvalue weighted by molar-refractivity contribution is 5.93. The van der Waals surface area contributed by atoms with Crippen LogP contribution < -0.4 is 0 Å². The van der Waals surface area contributed by atoms with E-state index in [1.165, 1.54) is 0 Å². The van der Waals surface area contributed by atoms with Crippen LogP contribution in [-0.4, -0.2) is 111 Å². The maximum atomic E-state index is 12.0. The zero-order valence-electron chi connectivity index (χ0n) is 19.2. The van der Waals surface area contributed by atoms with Crippen molar-refractivity contribution in [2.75, 3.05) is 19.8 Å². The summed E-state index contributed by atoms with van der Waals surface area (Å²) in [6.07, 6.45) is -9.89. The van der Waals surface area contributed by atoms with Crippen LogP contribution in [0.15, 0.2) is 24.3 Å². The first kappa shape index (κ1) is 26.4. The van der Waals surface area contributed by atoms with Gasteiger partial charge in [-0.15, -0.1) is 0 Å². The second kappa shape index (κ2) is 10.7. The largest absolute Gasteiger partial charge is 0.454 e. The van der Waals surface area contributed by atoms with Crippen molar-refractivity contribution in [1.82, 2.24) is 0 Å². The van der Waals surface area contributed by atoms with Gasteiger partial charge in [-0.1, -0.05) is 18.2 Å². The van der Waals surface area contributed by atoms with E-state index in [2.05, 4.69) is 0 Å². The molecule has 0 spiro atoms. The van der Waals surface area contributed by atoms with Crippen molar-refractivity contribution >= 4 is 5.97 Å². The van der Waals surface area contributed by atoms with Gasteiger partial charge in [0.2, 0.25) is 0 Å². The minimum absolute atomic E-state index is 0.352. The second-order valence-electron chi connectivity index (χ2n) is 9.24. The Balaban J connectivity index is 1.30. The normalized spacial score (nSPS) is 39.9. The van der Waals surface area contributed by atoms with Gasteiger partial charge in [0.05, 0.1) is 31.5 Å². The highest BCUT2D eigenvalue weighted by Gasteiger charge is 2.50. The van der Waals surface area contributed by atoms with Gasteiger partial charge < -0.3 is 54.3 Å². The molecule has 196 valence electrons. The zero-order valence-corrected chi connectivity index (χ0v) is 19.2. The molecule has 4 rings (SSSR count). The third-order valence-electron chi connectivity index (χ3n) is 6.65. The predicted octanol–water partition coefficient (Wildman–Crippen LogP) is -1.65. The lowest BCUT2D eigenvalue weighted by atomic mass is 9.98. The zero-order chi connectivity index (χ0) is 25.3. The summed E-state index contributed by atoms with van der Waals surface area (Å²) in [7, 11) is 0. The molecule has 12 heteroatoms. The molecule has 6 N–H and O–H groups in total. The molecule has 2 saturated heterocycles. The van der Waals surface area contributed by atoms with Gasteiger partial charge in [0, 0.05) is 5.56 Å². The van der Waals surface area contributed by atoms with Crippen LogP contribution in [0.5, 0.6) is 0 Å². The predicted molar refractivity (Wildman–Crippen MR) is 115 cm³/mol. The summed E-state index contributed by atoms with van der Waals surface area (Å²) in [5.74, 6) is -0.376. The van der Waals surface area contributed by atoms with Crippen LogP contribution in [0.1, 0.15) is 41.8 Å². The molecule has 2 fully saturated rings. The number of carbonyl (C=O) groups is 1. The van der Waals surface area contributed by atoms with E-state index in [0.717, 1.165) is 5.56 Å². The molecule has 1 aromatic carbocycles. The minimum Gasteiger partial charge on any atom is -0.454 e. The number of hydrogen-bond acceptors (Lipinski definition) is 12. The molecule has 0 bridgehead atoms. The molecule has 12 nitrogen and oxygen atoms in total. The van der Waals surface area contributed by atoms with Crippen LogP contribution in [0.2, 0.25) is 0 Å². The van der Waals surface area contributed by atoms with Crippen LogP contribution in [0, 0.1) is 0 Å². The van der Waals surface area contributed by atoms with E-state index in [-0.39, 0.29) is 19.2 Å². The average molecular weight is 500 g/mol. The third-order valence-corrected chi connectivity index (χ3v) is 6.65. The van der Waals surface area contributed by atoms with E-state index in [9.17, 15) is 35.4 Å². The first-order valence-electron chi connectivity index (χ1n) is 11.5. The fraction of sp³-hybridized carbons (Fsp3) is 0.696. The van der Waals surface area contributed by atoms with Crippen LogP contribution in [0.4, 0.5) is 0 Å². The second-order valence-corrected chi connectivity index (χ2v) is 9.24. The van der Waals surface area contributed by atoms with Crippen LogP contribution in [0.25, 0.3) is 0 Å². The molecule has 0 unspecified atom stereocenters. The summed E-state index contributed by atoms with van der Waals surface area (Å²) < 4.78 is 27.4. The molecule has 0 aliphatic carbocycles. The van der Waals surface area contributed by atoms with Crippen molar-refractivity contribution in [2.24, 2.45) is 0 Å². The van der Waals surface area contributed by atoms with E-state index < -0.39 is 67.5 Å². The summed E-state index contributed by atoms with van der Waals surface area (Å²) in [4.78, 5) is 12.0. The minimum atomic E-state index is -1.87. The molecule has 3 aliphatic heterocycles. The van der Waals surface area contributed by atoms with Crippen molar-refractivity contribution in [3.63, 3.8) is 0 Å².